The molecule has 0 saturated carbocycles. The van der Waals surface area contributed by atoms with Gasteiger partial charge in [-0.1, -0.05) is 6.07 Å². The summed E-state index contributed by atoms with van der Waals surface area (Å²) >= 11 is 0. The number of rotatable bonds is 3. The summed E-state index contributed by atoms with van der Waals surface area (Å²) in [6.07, 6.45) is 0.997. The van der Waals surface area contributed by atoms with Crippen molar-refractivity contribution >= 4 is 0 Å². The first-order valence-corrected chi connectivity index (χ1v) is 7.45. The second-order valence-corrected chi connectivity index (χ2v) is 5.58. The molecule has 1 aromatic carbocycles. The van der Waals surface area contributed by atoms with Gasteiger partial charge in [0.05, 0.1) is 25.4 Å². The highest BCUT2D eigenvalue weighted by atomic mass is 16.5. The molecule has 21 heavy (non-hydrogen) atoms. The second-order valence-electron chi connectivity index (χ2n) is 5.58. The Morgan fingerprint density at radius 2 is 2.24 bits per heavy atom. The van der Waals surface area contributed by atoms with Gasteiger partial charge in [-0.2, -0.15) is 5.26 Å². The molecule has 1 saturated heterocycles. The van der Waals surface area contributed by atoms with Crippen molar-refractivity contribution in [3.8, 4) is 11.8 Å². The summed E-state index contributed by atoms with van der Waals surface area (Å²) < 4.78 is 11.5. The van der Waals surface area contributed by atoms with Crippen molar-refractivity contribution in [3.63, 3.8) is 0 Å². The fraction of sp³-hybridized carbons (Fsp3) is 0.562. The fourth-order valence-corrected chi connectivity index (χ4v) is 3.14. The molecule has 0 amide bonds. The molecule has 112 valence electrons. The van der Waals surface area contributed by atoms with Crippen LogP contribution in [0.5, 0.6) is 5.75 Å². The lowest BCUT2D eigenvalue weighted by Gasteiger charge is -2.33. The van der Waals surface area contributed by atoms with Crippen molar-refractivity contribution in [2.75, 3.05) is 39.8 Å². The number of benzene rings is 1. The largest absolute Gasteiger partial charge is 0.495 e. The smallest absolute Gasteiger partial charge is 0.140 e. The number of methoxy groups -OCH3 is 1. The third-order valence-corrected chi connectivity index (χ3v) is 4.26. The summed E-state index contributed by atoms with van der Waals surface area (Å²) in [7, 11) is 1.64. The minimum Gasteiger partial charge on any atom is -0.495 e. The predicted octanol–water partition coefficient (Wildman–Crippen LogP) is 0.913. The first-order chi connectivity index (χ1) is 10.3. The molecule has 0 aromatic heterocycles. The van der Waals surface area contributed by atoms with Crippen molar-refractivity contribution in [1.82, 2.24) is 10.2 Å². The van der Waals surface area contributed by atoms with Gasteiger partial charge in [0.25, 0.3) is 0 Å². The van der Waals surface area contributed by atoms with Gasteiger partial charge in [0.1, 0.15) is 11.8 Å². The lowest BCUT2D eigenvalue weighted by molar-refractivity contribution is 0.00234. The Bertz CT molecular complexity index is 547. The Kier molecular flexibility index (Phi) is 4.39. The number of nitriles is 1. The van der Waals surface area contributed by atoms with Gasteiger partial charge in [0.2, 0.25) is 0 Å². The normalized spacial score (nSPS) is 22.4. The first kappa shape index (κ1) is 14.3. The van der Waals surface area contributed by atoms with Gasteiger partial charge in [-0.25, -0.2) is 0 Å². The topological polar surface area (TPSA) is 57.5 Å². The average molecular weight is 287 g/mol. The Morgan fingerprint density at radius 1 is 1.43 bits per heavy atom. The summed E-state index contributed by atoms with van der Waals surface area (Å²) in [6.45, 7) is 5.79. The van der Waals surface area contributed by atoms with Gasteiger partial charge in [-0.05, 0) is 11.6 Å². The molecule has 0 bridgehead atoms. The predicted molar refractivity (Wildman–Crippen MR) is 79.3 cm³/mol. The first-order valence-electron chi connectivity index (χ1n) is 7.45. The Hall–Kier alpha value is -1.61. The highest BCUT2D eigenvalue weighted by Crippen LogP contribution is 2.32. The molecule has 1 N–H and O–H groups in total. The van der Waals surface area contributed by atoms with Crippen molar-refractivity contribution in [2.45, 2.75) is 19.1 Å². The molecule has 1 unspecified atom stereocenters. The van der Waals surface area contributed by atoms with Crippen LogP contribution < -0.4 is 10.1 Å². The van der Waals surface area contributed by atoms with Crippen molar-refractivity contribution in [2.24, 2.45) is 0 Å². The Balaban J connectivity index is 1.76. The highest BCUT2D eigenvalue weighted by molar-refractivity contribution is 5.52. The van der Waals surface area contributed by atoms with Crippen LogP contribution in [0.2, 0.25) is 0 Å². The van der Waals surface area contributed by atoms with Crippen molar-refractivity contribution < 1.29 is 9.47 Å². The fourth-order valence-electron chi connectivity index (χ4n) is 3.14. The Labute approximate surface area is 125 Å². The van der Waals surface area contributed by atoms with Crippen LogP contribution in [0.3, 0.4) is 0 Å². The lowest BCUT2D eigenvalue weighted by atomic mass is 9.95. The van der Waals surface area contributed by atoms with Crippen molar-refractivity contribution in [1.29, 1.82) is 5.26 Å². The molecule has 2 heterocycles. The Morgan fingerprint density at radius 3 is 2.95 bits per heavy atom. The SMILES string of the molecule is COc1c(C#N)ccc2c1CC(CN1CCNCC1)OC2. The maximum Gasteiger partial charge on any atom is 0.140 e. The van der Waals surface area contributed by atoms with E-state index in [2.05, 4.69) is 16.3 Å². The van der Waals surface area contributed by atoms with E-state index < -0.39 is 0 Å². The zero-order valence-electron chi connectivity index (χ0n) is 12.4. The second kappa shape index (κ2) is 6.44. The molecule has 1 aromatic rings. The number of nitrogens with zero attached hydrogens (tertiary/aromatic N) is 2. The minimum absolute atomic E-state index is 0.179. The molecule has 2 aliphatic heterocycles. The molecule has 5 nitrogen and oxygen atoms in total. The lowest BCUT2D eigenvalue weighted by Crippen LogP contribution is -2.47. The summed E-state index contributed by atoms with van der Waals surface area (Å²) in [5, 5.41) is 12.6. The standard InChI is InChI=1S/C16H21N3O2/c1-20-16-12(9-17)2-3-13-11-21-14(8-15(13)16)10-19-6-4-18-5-7-19/h2-3,14,18H,4-8,10-11H2,1H3. The van der Waals surface area contributed by atoms with Gasteiger partial charge < -0.3 is 14.8 Å². The summed E-state index contributed by atoms with van der Waals surface area (Å²) in [5.74, 6) is 0.726. The van der Waals surface area contributed by atoms with Gasteiger partial charge in [0, 0.05) is 44.7 Å². The van der Waals surface area contributed by atoms with E-state index in [9.17, 15) is 5.26 Å². The maximum absolute atomic E-state index is 9.20. The number of hydrogen-bond donors (Lipinski definition) is 1. The van der Waals surface area contributed by atoms with E-state index in [0.29, 0.717) is 12.2 Å². The van der Waals surface area contributed by atoms with Crippen LogP contribution in [0, 0.1) is 11.3 Å². The molecular weight excluding hydrogens is 266 g/mol. The van der Waals surface area contributed by atoms with Crippen LogP contribution in [-0.4, -0.2) is 50.8 Å². The van der Waals surface area contributed by atoms with E-state index >= 15 is 0 Å². The number of hydrogen-bond acceptors (Lipinski definition) is 5. The molecule has 1 atom stereocenters. The van der Waals surface area contributed by atoms with Crippen LogP contribution in [0.4, 0.5) is 0 Å². The van der Waals surface area contributed by atoms with Crippen LogP contribution in [0.1, 0.15) is 16.7 Å². The molecular formula is C16H21N3O2. The van der Waals surface area contributed by atoms with E-state index in [0.717, 1.165) is 56.0 Å². The van der Waals surface area contributed by atoms with Crippen molar-refractivity contribution in [3.05, 3.63) is 28.8 Å². The quantitative estimate of drug-likeness (QED) is 0.895. The van der Waals surface area contributed by atoms with Crippen LogP contribution >= 0.6 is 0 Å². The van der Waals surface area contributed by atoms with Gasteiger partial charge in [-0.3, -0.25) is 4.90 Å². The summed E-state index contributed by atoms with van der Waals surface area (Å²) in [5.41, 5.74) is 2.89. The maximum atomic E-state index is 9.20. The van der Waals surface area contributed by atoms with Crippen LogP contribution in [-0.2, 0) is 17.8 Å². The van der Waals surface area contributed by atoms with Gasteiger partial charge in [-0.15, -0.1) is 0 Å². The highest BCUT2D eigenvalue weighted by Gasteiger charge is 2.26. The van der Waals surface area contributed by atoms with E-state index in [1.807, 2.05) is 12.1 Å². The van der Waals surface area contributed by atoms with Crippen LogP contribution in [0.15, 0.2) is 12.1 Å². The average Bonchev–Trinajstić information content (AvgIpc) is 2.54. The number of nitrogens with one attached hydrogen (secondary N) is 1. The van der Waals surface area contributed by atoms with E-state index in [4.69, 9.17) is 9.47 Å². The van der Waals surface area contributed by atoms with Gasteiger partial charge in [0.15, 0.2) is 0 Å². The van der Waals surface area contributed by atoms with Crippen LogP contribution in [0.25, 0.3) is 0 Å². The monoisotopic (exact) mass is 287 g/mol. The number of fused-ring (bicyclic) bond motifs is 1. The zero-order chi connectivity index (χ0) is 14.7. The third kappa shape index (κ3) is 3.03. The van der Waals surface area contributed by atoms with E-state index in [1.54, 1.807) is 7.11 Å². The summed E-state index contributed by atoms with van der Waals surface area (Å²) in [6, 6.07) is 6.01. The molecule has 5 heteroatoms. The molecule has 0 aliphatic carbocycles. The van der Waals surface area contributed by atoms with Gasteiger partial charge >= 0.3 is 0 Å². The molecule has 0 spiro atoms. The number of ether oxygens (including phenoxy) is 2. The molecule has 0 radical (unpaired) electrons. The summed E-state index contributed by atoms with van der Waals surface area (Å²) in [4.78, 5) is 2.44. The zero-order valence-corrected chi connectivity index (χ0v) is 12.4. The number of piperazine rings is 1. The molecule has 3 rings (SSSR count). The van der Waals surface area contributed by atoms with E-state index in [-0.39, 0.29) is 6.10 Å². The minimum atomic E-state index is 0.179. The van der Waals surface area contributed by atoms with E-state index in [1.165, 1.54) is 0 Å². The molecule has 2 aliphatic rings. The molecule has 1 fully saturated rings. The third-order valence-electron chi connectivity index (χ3n) is 4.26.